The molecule has 2 aromatic carbocycles. The minimum atomic E-state index is -0.559. The van der Waals surface area contributed by atoms with E-state index in [2.05, 4.69) is 10.6 Å². The summed E-state index contributed by atoms with van der Waals surface area (Å²) in [6.07, 6.45) is -0.276. The van der Waals surface area contributed by atoms with Crippen LogP contribution in [0.5, 0.6) is 11.5 Å². The van der Waals surface area contributed by atoms with Gasteiger partial charge in [0, 0.05) is 5.69 Å². The summed E-state index contributed by atoms with van der Waals surface area (Å²) in [7, 11) is 0. The van der Waals surface area contributed by atoms with Crippen LogP contribution in [-0.2, 0) is 16.0 Å². The van der Waals surface area contributed by atoms with Crippen molar-refractivity contribution in [2.75, 3.05) is 12.1 Å². The second-order valence-electron chi connectivity index (χ2n) is 7.90. The number of amides is 2. The van der Waals surface area contributed by atoms with Gasteiger partial charge in [-0.15, -0.1) is 0 Å². The summed E-state index contributed by atoms with van der Waals surface area (Å²) in [5.41, 5.74) is 1.84. The molecule has 0 unspecified atom stereocenters. The molecular weight excluding hydrogens is 372 g/mol. The number of nitrogens with one attached hydrogen (secondary N) is 2. The largest absolute Gasteiger partial charge is 0.454 e. The van der Waals surface area contributed by atoms with E-state index in [9.17, 15) is 9.59 Å². The predicted octanol–water partition coefficient (Wildman–Crippen LogP) is 4.18. The summed E-state index contributed by atoms with van der Waals surface area (Å²) in [5, 5.41) is 5.65. The molecular formula is C22H26N2O5. The standard InChI is InChI=1S/C22H26N2O5/c1-14(16-7-10-18-19(12-16)28-13-27-18)23-20(25)11-15-5-8-17(9-6-15)24-21(26)29-22(2,3)4/h5-10,12,14H,11,13H2,1-4H3,(H,23,25)(H,24,26)/t14-/m0/s1. The smallest absolute Gasteiger partial charge is 0.412 e. The first-order valence-corrected chi connectivity index (χ1v) is 9.47. The molecule has 1 atom stereocenters. The van der Waals surface area contributed by atoms with Gasteiger partial charge in [0.05, 0.1) is 12.5 Å². The summed E-state index contributed by atoms with van der Waals surface area (Å²) in [6, 6.07) is 12.6. The van der Waals surface area contributed by atoms with E-state index in [0.29, 0.717) is 17.2 Å². The Morgan fingerprint density at radius 1 is 1.07 bits per heavy atom. The van der Waals surface area contributed by atoms with Crippen LogP contribution in [-0.4, -0.2) is 24.4 Å². The zero-order chi connectivity index (χ0) is 21.0. The van der Waals surface area contributed by atoms with Crippen LogP contribution in [0.2, 0.25) is 0 Å². The first-order valence-electron chi connectivity index (χ1n) is 9.47. The second-order valence-corrected chi connectivity index (χ2v) is 7.90. The number of carbonyl (C=O) groups excluding carboxylic acids is 2. The van der Waals surface area contributed by atoms with Crippen molar-refractivity contribution in [3.8, 4) is 11.5 Å². The maximum Gasteiger partial charge on any atom is 0.412 e. The van der Waals surface area contributed by atoms with Gasteiger partial charge in [-0.2, -0.15) is 0 Å². The quantitative estimate of drug-likeness (QED) is 0.789. The van der Waals surface area contributed by atoms with E-state index in [0.717, 1.165) is 11.1 Å². The van der Waals surface area contributed by atoms with Crippen molar-refractivity contribution in [2.45, 2.75) is 45.8 Å². The summed E-state index contributed by atoms with van der Waals surface area (Å²) >= 11 is 0. The summed E-state index contributed by atoms with van der Waals surface area (Å²) in [4.78, 5) is 24.2. The van der Waals surface area contributed by atoms with Crippen LogP contribution in [0, 0.1) is 0 Å². The monoisotopic (exact) mass is 398 g/mol. The van der Waals surface area contributed by atoms with Crippen molar-refractivity contribution in [2.24, 2.45) is 0 Å². The molecule has 0 spiro atoms. The van der Waals surface area contributed by atoms with Crippen LogP contribution >= 0.6 is 0 Å². The number of carbonyl (C=O) groups is 2. The van der Waals surface area contributed by atoms with Gasteiger partial charge >= 0.3 is 6.09 Å². The Morgan fingerprint density at radius 2 is 1.76 bits per heavy atom. The van der Waals surface area contributed by atoms with E-state index in [-0.39, 0.29) is 25.2 Å². The minimum absolute atomic E-state index is 0.0944. The summed E-state index contributed by atoms with van der Waals surface area (Å²) in [6.45, 7) is 7.55. The molecule has 0 saturated heterocycles. The fourth-order valence-electron chi connectivity index (χ4n) is 2.87. The van der Waals surface area contributed by atoms with Gasteiger partial charge in [-0.3, -0.25) is 10.1 Å². The molecule has 2 aromatic rings. The molecule has 2 N–H and O–H groups in total. The molecule has 1 aliphatic rings. The molecule has 0 fully saturated rings. The van der Waals surface area contributed by atoms with Crippen LogP contribution in [0.25, 0.3) is 0 Å². The van der Waals surface area contributed by atoms with Crippen LogP contribution < -0.4 is 20.1 Å². The number of hydrogen-bond donors (Lipinski definition) is 2. The predicted molar refractivity (Wildman–Crippen MR) is 109 cm³/mol. The molecule has 3 rings (SSSR count). The Labute approximate surface area is 170 Å². The van der Waals surface area contributed by atoms with E-state index >= 15 is 0 Å². The van der Waals surface area contributed by atoms with Crippen molar-refractivity contribution < 1.29 is 23.8 Å². The van der Waals surface area contributed by atoms with Crippen molar-refractivity contribution in [1.82, 2.24) is 5.32 Å². The van der Waals surface area contributed by atoms with Gasteiger partial charge in [0.15, 0.2) is 11.5 Å². The lowest BCUT2D eigenvalue weighted by molar-refractivity contribution is -0.121. The third-order valence-corrected chi connectivity index (χ3v) is 4.24. The highest BCUT2D eigenvalue weighted by Crippen LogP contribution is 2.34. The lowest BCUT2D eigenvalue weighted by Gasteiger charge is -2.19. The van der Waals surface area contributed by atoms with E-state index in [4.69, 9.17) is 14.2 Å². The van der Waals surface area contributed by atoms with Gasteiger partial charge in [-0.25, -0.2) is 4.79 Å². The Bertz CT molecular complexity index is 887. The maximum absolute atomic E-state index is 12.4. The van der Waals surface area contributed by atoms with E-state index in [1.165, 1.54) is 0 Å². The molecule has 0 saturated carbocycles. The third kappa shape index (κ3) is 5.88. The highest BCUT2D eigenvalue weighted by Gasteiger charge is 2.18. The minimum Gasteiger partial charge on any atom is -0.454 e. The van der Waals surface area contributed by atoms with Crippen molar-refractivity contribution in [1.29, 1.82) is 0 Å². The lowest BCUT2D eigenvalue weighted by atomic mass is 10.1. The molecule has 1 aliphatic heterocycles. The molecule has 7 nitrogen and oxygen atoms in total. The van der Waals surface area contributed by atoms with Gasteiger partial charge in [-0.1, -0.05) is 18.2 Å². The second kappa shape index (κ2) is 8.43. The van der Waals surface area contributed by atoms with Crippen LogP contribution in [0.4, 0.5) is 10.5 Å². The molecule has 2 amide bonds. The molecule has 0 aliphatic carbocycles. The van der Waals surface area contributed by atoms with Crippen LogP contribution in [0.3, 0.4) is 0 Å². The van der Waals surface area contributed by atoms with Gasteiger partial charge in [0.2, 0.25) is 12.7 Å². The highest BCUT2D eigenvalue weighted by molar-refractivity contribution is 5.85. The van der Waals surface area contributed by atoms with Gasteiger partial charge < -0.3 is 19.5 Å². The highest BCUT2D eigenvalue weighted by atomic mass is 16.7. The molecule has 1 heterocycles. The fraction of sp³-hybridized carbons (Fsp3) is 0.364. The zero-order valence-electron chi connectivity index (χ0n) is 17.1. The number of fused-ring (bicyclic) bond motifs is 1. The van der Waals surface area contributed by atoms with Gasteiger partial charge in [0.1, 0.15) is 5.60 Å². The SMILES string of the molecule is C[C@H](NC(=O)Cc1ccc(NC(=O)OC(C)(C)C)cc1)c1ccc2c(c1)OCO2. The fourth-order valence-corrected chi connectivity index (χ4v) is 2.87. The van der Waals surface area contributed by atoms with E-state index < -0.39 is 11.7 Å². The van der Waals surface area contributed by atoms with E-state index in [1.807, 2.05) is 25.1 Å². The van der Waals surface area contributed by atoms with Crippen molar-refractivity contribution in [3.63, 3.8) is 0 Å². The Kier molecular flexibility index (Phi) is 5.96. The van der Waals surface area contributed by atoms with Crippen molar-refractivity contribution >= 4 is 17.7 Å². The molecule has 29 heavy (non-hydrogen) atoms. The Balaban J connectivity index is 1.52. The first-order chi connectivity index (χ1) is 13.7. The molecule has 0 aromatic heterocycles. The molecule has 7 heteroatoms. The maximum atomic E-state index is 12.4. The van der Waals surface area contributed by atoms with Crippen molar-refractivity contribution in [3.05, 3.63) is 53.6 Å². The van der Waals surface area contributed by atoms with Crippen LogP contribution in [0.15, 0.2) is 42.5 Å². The average molecular weight is 398 g/mol. The molecule has 154 valence electrons. The van der Waals surface area contributed by atoms with Crippen LogP contribution in [0.1, 0.15) is 44.9 Å². The Morgan fingerprint density at radius 3 is 2.45 bits per heavy atom. The lowest BCUT2D eigenvalue weighted by Crippen LogP contribution is -2.28. The number of ether oxygens (including phenoxy) is 3. The number of anilines is 1. The molecule has 0 bridgehead atoms. The number of rotatable bonds is 5. The number of benzene rings is 2. The number of hydrogen-bond acceptors (Lipinski definition) is 5. The summed E-state index contributed by atoms with van der Waals surface area (Å²) < 4.78 is 15.9. The third-order valence-electron chi connectivity index (χ3n) is 4.24. The Hall–Kier alpha value is -3.22. The summed E-state index contributed by atoms with van der Waals surface area (Å²) in [5.74, 6) is 1.31. The zero-order valence-corrected chi connectivity index (χ0v) is 17.1. The van der Waals surface area contributed by atoms with E-state index in [1.54, 1.807) is 45.0 Å². The van der Waals surface area contributed by atoms with Gasteiger partial charge in [0.25, 0.3) is 0 Å². The van der Waals surface area contributed by atoms with Gasteiger partial charge in [-0.05, 0) is 63.1 Å². The topological polar surface area (TPSA) is 85.9 Å². The molecule has 0 radical (unpaired) electrons. The average Bonchev–Trinajstić information content (AvgIpc) is 3.09. The normalized spacial score (nSPS) is 13.5. The first kappa shape index (κ1) is 20.5.